The smallest absolute Gasteiger partial charge is 0.252 e. The number of methoxy groups -OCH3 is 1. The van der Waals surface area contributed by atoms with Gasteiger partial charge in [-0.05, 0) is 60.4 Å². The SMILES string of the molecule is COc1ccc(C(C(=O)Nc2ccccc2O)N2C(=O)[C@@H](C3Cc4ccccc4C3)NC(=O)[C@H]2CC(C)C)cn1. The predicted molar refractivity (Wildman–Crippen MR) is 150 cm³/mol. The molecular weight excluding hydrogens is 508 g/mol. The van der Waals surface area contributed by atoms with Crippen LogP contribution in [0.25, 0.3) is 0 Å². The first kappa shape index (κ1) is 27.2. The Bertz CT molecular complexity index is 1380. The molecular formula is C31H34N4O5. The number of piperazine rings is 1. The van der Waals surface area contributed by atoms with Gasteiger partial charge in [0.05, 0.1) is 12.8 Å². The molecule has 1 aliphatic heterocycles. The number of para-hydroxylation sites is 2. The van der Waals surface area contributed by atoms with Crippen molar-refractivity contribution in [3.63, 3.8) is 0 Å². The number of ether oxygens (including phenoxy) is 1. The average Bonchev–Trinajstić information content (AvgIpc) is 3.38. The van der Waals surface area contributed by atoms with Gasteiger partial charge in [-0.2, -0.15) is 0 Å². The molecule has 3 N–H and O–H groups in total. The molecule has 3 aromatic rings. The minimum atomic E-state index is -1.17. The number of fused-ring (bicyclic) bond motifs is 1. The van der Waals surface area contributed by atoms with Crippen LogP contribution in [-0.4, -0.2) is 51.9 Å². The minimum Gasteiger partial charge on any atom is -0.506 e. The Hall–Kier alpha value is -4.40. The monoisotopic (exact) mass is 542 g/mol. The minimum absolute atomic E-state index is 0.0780. The molecule has 1 aliphatic carbocycles. The lowest BCUT2D eigenvalue weighted by Gasteiger charge is -2.44. The fourth-order valence-electron chi connectivity index (χ4n) is 5.77. The Labute approximate surface area is 233 Å². The first-order valence-electron chi connectivity index (χ1n) is 13.5. The van der Waals surface area contributed by atoms with Crippen LogP contribution in [0.4, 0.5) is 5.69 Å². The van der Waals surface area contributed by atoms with E-state index < -0.39 is 24.0 Å². The van der Waals surface area contributed by atoms with Crippen molar-refractivity contribution in [2.24, 2.45) is 11.8 Å². The molecule has 2 aromatic carbocycles. The number of aromatic nitrogens is 1. The van der Waals surface area contributed by atoms with Crippen LogP contribution in [0, 0.1) is 11.8 Å². The number of phenolic OH excluding ortho intramolecular Hbond substituents is 1. The topological polar surface area (TPSA) is 121 Å². The number of hydrogen-bond donors (Lipinski definition) is 3. The van der Waals surface area contributed by atoms with Crippen LogP contribution in [0.5, 0.6) is 11.6 Å². The number of anilines is 1. The van der Waals surface area contributed by atoms with Crippen LogP contribution >= 0.6 is 0 Å². The van der Waals surface area contributed by atoms with Crippen LogP contribution in [-0.2, 0) is 27.2 Å². The average molecular weight is 543 g/mol. The number of nitrogens with one attached hydrogen (secondary N) is 2. The van der Waals surface area contributed by atoms with E-state index in [0.29, 0.717) is 30.7 Å². The van der Waals surface area contributed by atoms with E-state index in [1.54, 1.807) is 30.3 Å². The van der Waals surface area contributed by atoms with Crippen LogP contribution in [0.3, 0.4) is 0 Å². The third-order valence-corrected chi connectivity index (χ3v) is 7.68. The molecule has 3 amide bonds. The summed E-state index contributed by atoms with van der Waals surface area (Å²) in [6.07, 6.45) is 3.18. The molecule has 2 aliphatic rings. The summed E-state index contributed by atoms with van der Waals surface area (Å²) in [7, 11) is 1.49. The van der Waals surface area contributed by atoms with Crippen LogP contribution in [0.1, 0.15) is 43.0 Å². The van der Waals surface area contributed by atoms with Gasteiger partial charge in [0.15, 0.2) is 0 Å². The number of amides is 3. The van der Waals surface area contributed by atoms with Gasteiger partial charge in [0, 0.05) is 17.8 Å². The van der Waals surface area contributed by atoms with Crippen molar-refractivity contribution >= 4 is 23.4 Å². The van der Waals surface area contributed by atoms with Crippen molar-refractivity contribution < 1.29 is 24.2 Å². The third-order valence-electron chi connectivity index (χ3n) is 7.68. The zero-order valence-corrected chi connectivity index (χ0v) is 22.8. The molecule has 0 radical (unpaired) electrons. The highest BCUT2D eigenvalue weighted by Gasteiger charge is 2.49. The maximum Gasteiger partial charge on any atom is 0.252 e. The summed E-state index contributed by atoms with van der Waals surface area (Å²) in [4.78, 5) is 47.8. The van der Waals surface area contributed by atoms with Crippen molar-refractivity contribution in [1.29, 1.82) is 0 Å². The zero-order valence-electron chi connectivity index (χ0n) is 22.8. The number of benzene rings is 2. The summed E-state index contributed by atoms with van der Waals surface area (Å²) in [5.74, 6) is -0.954. The second-order valence-corrected chi connectivity index (χ2v) is 10.9. The van der Waals surface area contributed by atoms with E-state index in [1.165, 1.54) is 35.4 Å². The number of hydrogen-bond acceptors (Lipinski definition) is 6. The molecule has 0 saturated carbocycles. The lowest BCUT2D eigenvalue weighted by Crippen LogP contribution is -2.67. The summed E-state index contributed by atoms with van der Waals surface area (Å²) < 4.78 is 5.20. The molecule has 5 rings (SSSR count). The van der Waals surface area contributed by atoms with Gasteiger partial charge in [-0.25, -0.2) is 4.98 Å². The first-order chi connectivity index (χ1) is 19.3. The lowest BCUT2D eigenvalue weighted by molar-refractivity contribution is -0.157. The van der Waals surface area contributed by atoms with E-state index in [1.807, 2.05) is 26.0 Å². The van der Waals surface area contributed by atoms with E-state index in [2.05, 4.69) is 27.8 Å². The van der Waals surface area contributed by atoms with Gasteiger partial charge in [-0.3, -0.25) is 14.4 Å². The Balaban J connectivity index is 1.56. The number of rotatable bonds is 8. The van der Waals surface area contributed by atoms with Crippen LogP contribution in [0.15, 0.2) is 66.9 Å². The number of nitrogens with zero attached hydrogens (tertiary/aromatic N) is 2. The molecule has 1 aromatic heterocycles. The van der Waals surface area contributed by atoms with Crippen LogP contribution < -0.4 is 15.4 Å². The van der Waals surface area contributed by atoms with Crippen molar-refractivity contribution in [1.82, 2.24) is 15.2 Å². The van der Waals surface area contributed by atoms with Gasteiger partial charge in [-0.15, -0.1) is 0 Å². The number of pyridine rings is 1. The number of carbonyl (C=O) groups is 3. The second-order valence-electron chi connectivity index (χ2n) is 10.9. The van der Waals surface area contributed by atoms with E-state index in [9.17, 15) is 19.5 Å². The van der Waals surface area contributed by atoms with Crippen molar-refractivity contribution in [2.75, 3.05) is 12.4 Å². The standard InChI is InChI=1S/C31H34N4O5/c1-18(2)14-24-29(37)34-27(22-15-19-8-4-5-9-20(19)16-22)31(39)35(24)28(21-12-13-26(40-3)32-17-21)30(38)33-23-10-6-7-11-25(23)36/h4-13,17-18,22,24,27-28,36H,14-16H2,1-3H3,(H,33,38)(H,34,37)/t24-,27-,28?/m1/s1. The Morgan fingerprint density at radius 2 is 1.75 bits per heavy atom. The summed E-state index contributed by atoms with van der Waals surface area (Å²) in [5, 5.41) is 16.1. The summed E-state index contributed by atoms with van der Waals surface area (Å²) in [6, 6.07) is 14.9. The van der Waals surface area contributed by atoms with Gasteiger partial charge in [0.1, 0.15) is 23.9 Å². The molecule has 1 unspecified atom stereocenters. The second kappa shape index (κ2) is 11.4. The summed E-state index contributed by atoms with van der Waals surface area (Å²) in [5.41, 5.74) is 2.97. The number of aromatic hydroxyl groups is 1. The molecule has 0 bridgehead atoms. The van der Waals surface area contributed by atoms with E-state index in [4.69, 9.17) is 4.74 Å². The maximum atomic E-state index is 14.4. The number of carbonyl (C=O) groups excluding carboxylic acids is 3. The van der Waals surface area contributed by atoms with Gasteiger partial charge in [0.2, 0.25) is 17.7 Å². The largest absolute Gasteiger partial charge is 0.506 e. The fraction of sp³-hybridized carbons (Fsp3) is 0.355. The Morgan fingerprint density at radius 1 is 1.07 bits per heavy atom. The molecule has 1 saturated heterocycles. The zero-order chi connectivity index (χ0) is 28.4. The highest BCUT2D eigenvalue weighted by atomic mass is 16.5. The first-order valence-corrected chi connectivity index (χ1v) is 13.5. The molecule has 208 valence electrons. The van der Waals surface area contributed by atoms with Gasteiger partial charge < -0.3 is 25.4 Å². The van der Waals surface area contributed by atoms with E-state index in [-0.39, 0.29) is 35.1 Å². The maximum absolute atomic E-state index is 14.4. The van der Waals surface area contributed by atoms with E-state index in [0.717, 1.165) is 0 Å². The lowest BCUT2D eigenvalue weighted by atomic mass is 9.88. The molecule has 3 atom stereocenters. The van der Waals surface area contributed by atoms with Gasteiger partial charge in [0.25, 0.3) is 5.91 Å². The Kier molecular flexibility index (Phi) is 7.73. The highest BCUT2D eigenvalue weighted by Crippen LogP contribution is 2.36. The van der Waals surface area contributed by atoms with Crippen molar-refractivity contribution in [3.05, 3.63) is 83.6 Å². The molecule has 9 heteroatoms. The molecule has 0 spiro atoms. The highest BCUT2D eigenvalue weighted by molar-refractivity contribution is 6.03. The fourth-order valence-corrected chi connectivity index (χ4v) is 5.77. The third kappa shape index (κ3) is 5.36. The van der Waals surface area contributed by atoms with Gasteiger partial charge in [-0.1, -0.05) is 50.2 Å². The molecule has 9 nitrogen and oxygen atoms in total. The predicted octanol–water partition coefficient (Wildman–Crippen LogP) is 3.63. The number of phenols is 1. The quantitative estimate of drug-likeness (QED) is 0.374. The molecule has 2 heterocycles. The molecule has 1 fully saturated rings. The van der Waals surface area contributed by atoms with Crippen molar-refractivity contribution in [2.45, 2.75) is 51.2 Å². The van der Waals surface area contributed by atoms with E-state index >= 15 is 0 Å². The summed E-state index contributed by atoms with van der Waals surface area (Å²) in [6.45, 7) is 3.95. The van der Waals surface area contributed by atoms with Crippen molar-refractivity contribution in [3.8, 4) is 11.6 Å². The van der Waals surface area contributed by atoms with Crippen LogP contribution in [0.2, 0.25) is 0 Å². The Morgan fingerprint density at radius 3 is 2.35 bits per heavy atom. The summed E-state index contributed by atoms with van der Waals surface area (Å²) >= 11 is 0. The molecule has 40 heavy (non-hydrogen) atoms. The normalized spacial score (nSPS) is 19.8. The van der Waals surface area contributed by atoms with Gasteiger partial charge >= 0.3 is 0 Å².